The summed E-state index contributed by atoms with van der Waals surface area (Å²) in [7, 11) is 0. The van der Waals surface area contributed by atoms with Gasteiger partial charge in [0.25, 0.3) is 0 Å². The van der Waals surface area contributed by atoms with Crippen molar-refractivity contribution in [2.45, 2.75) is 45.3 Å². The number of alkyl carbamates (subject to hydrolysis) is 1. The van der Waals surface area contributed by atoms with E-state index in [1.807, 2.05) is 32.2 Å². The highest BCUT2D eigenvalue weighted by molar-refractivity contribution is 7.09. The maximum Gasteiger partial charge on any atom is 0.407 e. The van der Waals surface area contributed by atoms with Crippen LogP contribution in [0.1, 0.15) is 32.1 Å². The summed E-state index contributed by atoms with van der Waals surface area (Å²) in [5.41, 5.74) is -0.523. The number of piperazine rings is 1. The topological polar surface area (TPSA) is 82.1 Å². The lowest BCUT2D eigenvalue weighted by Crippen LogP contribution is -2.49. The number of thiophene rings is 1. The summed E-state index contributed by atoms with van der Waals surface area (Å²) in [6.45, 7) is 8.89. The number of ether oxygens (including phenoxy) is 1. The van der Waals surface area contributed by atoms with Crippen molar-refractivity contribution in [2.75, 3.05) is 32.7 Å². The van der Waals surface area contributed by atoms with Gasteiger partial charge in [0, 0.05) is 50.1 Å². The molecule has 1 aromatic heterocycles. The Bertz CT molecular complexity index is 578. The Kier molecular flexibility index (Phi) is 7.28. The van der Waals surface area contributed by atoms with Crippen molar-refractivity contribution >= 4 is 23.5 Å². The molecule has 0 spiro atoms. The predicted molar refractivity (Wildman–Crippen MR) is 102 cm³/mol. The standard InChI is InChI=1S/C18H29N3O4S/c1-18(2,3)25-16(22)19-14(13-15-5-4-12-26-15)6-7-20-8-10-21(11-9-20)17(23)24/h4-5,12,14H,6-11,13H2,1-3H3,(H,19,22)(H,23,24). The van der Waals surface area contributed by atoms with Gasteiger partial charge in [-0.25, -0.2) is 9.59 Å². The molecule has 1 aliphatic rings. The molecule has 1 saturated heterocycles. The van der Waals surface area contributed by atoms with Crippen LogP contribution in [-0.4, -0.2) is 71.5 Å². The first-order valence-corrected chi connectivity index (χ1v) is 9.83. The number of rotatable bonds is 6. The minimum atomic E-state index is -0.855. The van der Waals surface area contributed by atoms with Crippen molar-refractivity contribution in [2.24, 2.45) is 0 Å². The molecule has 8 heteroatoms. The fraction of sp³-hybridized carbons (Fsp3) is 0.667. The van der Waals surface area contributed by atoms with Crippen LogP contribution < -0.4 is 5.32 Å². The fourth-order valence-corrected chi connectivity index (χ4v) is 3.66. The van der Waals surface area contributed by atoms with E-state index in [0.717, 1.165) is 32.5 Å². The van der Waals surface area contributed by atoms with Crippen LogP contribution in [0.15, 0.2) is 17.5 Å². The lowest BCUT2D eigenvalue weighted by molar-refractivity contribution is 0.0494. The quantitative estimate of drug-likeness (QED) is 0.789. The van der Waals surface area contributed by atoms with Gasteiger partial charge >= 0.3 is 12.2 Å². The van der Waals surface area contributed by atoms with Crippen LogP contribution in [0, 0.1) is 0 Å². The van der Waals surface area contributed by atoms with E-state index in [2.05, 4.69) is 16.3 Å². The van der Waals surface area contributed by atoms with Crippen molar-refractivity contribution in [1.82, 2.24) is 15.1 Å². The smallest absolute Gasteiger partial charge is 0.407 e. The zero-order chi connectivity index (χ0) is 19.2. The SMILES string of the molecule is CC(C)(C)OC(=O)NC(CCN1CCN(C(=O)O)CC1)Cc1cccs1. The van der Waals surface area contributed by atoms with Crippen LogP contribution in [0.3, 0.4) is 0 Å². The molecule has 7 nitrogen and oxygen atoms in total. The van der Waals surface area contributed by atoms with Gasteiger partial charge in [0.2, 0.25) is 0 Å². The van der Waals surface area contributed by atoms with E-state index >= 15 is 0 Å². The second-order valence-corrected chi connectivity index (χ2v) is 8.56. The first-order chi connectivity index (χ1) is 12.2. The van der Waals surface area contributed by atoms with Crippen LogP contribution >= 0.6 is 11.3 Å². The molecular formula is C18H29N3O4S. The molecule has 1 fully saturated rings. The van der Waals surface area contributed by atoms with Gasteiger partial charge in [0.05, 0.1) is 0 Å². The summed E-state index contributed by atoms with van der Waals surface area (Å²) in [6, 6.07) is 4.07. The van der Waals surface area contributed by atoms with E-state index in [1.165, 1.54) is 9.78 Å². The Hall–Kier alpha value is -1.80. The van der Waals surface area contributed by atoms with E-state index < -0.39 is 17.8 Å². The van der Waals surface area contributed by atoms with Gasteiger partial charge < -0.3 is 20.1 Å². The highest BCUT2D eigenvalue weighted by atomic mass is 32.1. The lowest BCUT2D eigenvalue weighted by atomic mass is 10.1. The molecule has 146 valence electrons. The number of nitrogens with zero attached hydrogens (tertiary/aromatic N) is 2. The summed E-state index contributed by atoms with van der Waals surface area (Å²) in [5, 5.41) is 14.1. The summed E-state index contributed by atoms with van der Waals surface area (Å²) < 4.78 is 5.39. The molecule has 1 atom stereocenters. The van der Waals surface area contributed by atoms with Crippen molar-refractivity contribution in [3.63, 3.8) is 0 Å². The minimum Gasteiger partial charge on any atom is -0.465 e. The van der Waals surface area contributed by atoms with Gasteiger partial charge in [0.1, 0.15) is 5.60 Å². The van der Waals surface area contributed by atoms with Crippen molar-refractivity contribution in [3.05, 3.63) is 22.4 Å². The van der Waals surface area contributed by atoms with Crippen molar-refractivity contribution in [1.29, 1.82) is 0 Å². The van der Waals surface area contributed by atoms with E-state index in [9.17, 15) is 9.59 Å². The third kappa shape index (κ3) is 7.21. The molecule has 0 saturated carbocycles. The van der Waals surface area contributed by atoms with Gasteiger partial charge in [-0.15, -0.1) is 11.3 Å². The fourth-order valence-electron chi connectivity index (χ4n) is 2.87. The maximum atomic E-state index is 12.2. The number of carboxylic acid groups (broad SMARTS) is 1. The van der Waals surface area contributed by atoms with Gasteiger partial charge in [-0.05, 0) is 38.6 Å². The molecular weight excluding hydrogens is 354 g/mol. The summed E-state index contributed by atoms with van der Waals surface area (Å²) in [6.07, 6.45) is 0.317. The van der Waals surface area contributed by atoms with Crippen LogP contribution in [0.25, 0.3) is 0 Å². The molecule has 1 unspecified atom stereocenters. The molecule has 1 aromatic rings. The van der Waals surface area contributed by atoms with Gasteiger partial charge in [0.15, 0.2) is 0 Å². The van der Waals surface area contributed by atoms with Gasteiger partial charge in [-0.3, -0.25) is 4.90 Å². The summed E-state index contributed by atoms with van der Waals surface area (Å²) >= 11 is 1.68. The largest absolute Gasteiger partial charge is 0.465 e. The summed E-state index contributed by atoms with van der Waals surface area (Å²) in [5.74, 6) is 0. The first-order valence-electron chi connectivity index (χ1n) is 8.95. The zero-order valence-corrected chi connectivity index (χ0v) is 16.6. The number of carbonyl (C=O) groups is 2. The minimum absolute atomic E-state index is 0.0130. The van der Waals surface area contributed by atoms with Crippen molar-refractivity contribution in [3.8, 4) is 0 Å². The Morgan fingerprint density at radius 3 is 2.54 bits per heavy atom. The van der Waals surface area contributed by atoms with E-state index in [-0.39, 0.29) is 6.04 Å². The highest BCUT2D eigenvalue weighted by Crippen LogP contribution is 2.15. The maximum absolute atomic E-state index is 12.2. The van der Waals surface area contributed by atoms with Crippen LogP contribution in [0.2, 0.25) is 0 Å². The Morgan fingerprint density at radius 2 is 2.00 bits per heavy atom. The molecule has 0 aliphatic carbocycles. The molecule has 2 rings (SSSR count). The molecule has 26 heavy (non-hydrogen) atoms. The molecule has 2 N–H and O–H groups in total. The Balaban J connectivity index is 1.85. The van der Waals surface area contributed by atoms with E-state index in [4.69, 9.17) is 9.84 Å². The second-order valence-electron chi connectivity index (χ2n) is 7.53. The average Bonchev–Trinajstić information content (AvgIpc) is 3.04. The van der Waals surface area contributed by atoms with Crippen LogP contribution in [-0.2, 0) is 11.2 Å². The van der Waals surface area contributed by atoms with Crippen LogP contribution in [0.5, 0.6) is 0 Å². The first kappa shape index (κ1) is 20.5. The predicted octanol–water partition coefficient (Wildman–Crippen LogP) is 2.87. The zero-order valence-electron chi connectivity index (χ0n) is 15.7. The molecule has 2 heterocycles. The third-order valence-corrected chi connectivity index (χ3v) is 5.08. The molecule has 2 amide bonds. The van der Waals surface area contributed by atoms with Crippen molar-refractivity contribution < 1.29 is 19.4 Å². The van der Waals surface area contributed by atoms with Gasteiger partial charge in [-0.1, -0.05) is 6.07 Å². The molecule has 0 bridgehead atoms. The highest BCUT2D eigenvalue weighted by Gasteiger charge is 2.23. The number of nitrogens with one attached hydrogen (secondary N) is 1. The third-order valence-electron chi connectivity index (χ3n) is 4.19. The average molecular weight is 384 g/mol. The Morgan fingerprint density at radius 1 is 1.31 bits per heavy atom. The molecule has 0 aromatic carbocycles. The lowest BCUT2D eigenvalue weighted by Gasteiger charge is -2.34. The molecule has 0 radical (unpaired) electrons. The second kappa shape index (κ2) is 9.23. The van der Waals surface area contributed by atoms with E-state index in [0.29, 0.717) is 13.1 Å². The van der Waals surface area contributed by atoms with Gasteiger partial charge in [-0.2, -0.15) is 0 Å². The van der Waals surface area contributed by atoms with Crippen LogP contribution in [0.4, 0.5) is 9.59 Å². The molecule has 1 aliphatic heterocycles. The monoisotopic (exact) mass is 383 g/mol. The number of amides is 2. The Labute approximate surface area is 158 Å². The summed E-state index contributed by atoms with van der Waals surface area (Å²) in [4.78, 5) is 28.1. The number of hydrogen-bond donors (Lipinski definition) is 2. The van der Waals surface area contributed by atoms with E-state index in [1.54, 1.807) is 11.3 Å². The number of hydrogen-bond acceptors (Lipinski definition) is 5. The normalized spacial score (nSPS) is 17.0. The number of carbonyl (C=O) groups excluding carboxylic acids is 1.